The van der Waals surface area contributed by atoms with Gasteiger partial charge in [0.15, 0.2) is 0 Å². The van der Waals surface area contributed by atoms with Gasteiger partial charge < -0.3 is 20.3 Å². The normalized spacial score (nSPS) is 17.0. The second-order valence-corrected chi connectivity index (χ2v) is 7.73. The zero-order valence-corrected chi connectivity index (χ0v) is 18.6. The molecule has 0 aliphatic heterocycles. The van der Waals surface area contributed by atoms with Crippen LogP contribution in [-0.2, 0) is 32.6 Å². The van der Waals surface area contributed by atoms with Gasteiger partial charge >= 0.3 is 11.9 Å². The summed E-state index contributed by atoms with van der Waals surface area (Å²) in [7, 11) is 1.69. The van der Waals surface area contributed by atoms with Gasteiger partial charge in [-0.3, -0.25) is 4.79 Å². The lowest BCUT2D eigenvalue weighted by Gasteiger charge is -2.37. The van der Waals surface area contributed by atoms with Gasteiger partial charge in [0, 0.05) is 6.42 Å². The highest BCUT2D eigenvalue weighted by Crippen LogP contribution is 2.41. The molecular weight excluding hydrogens is 410 g/mol. The predicted octanol–water partition coefficient (Wildman–Crippen LogP) is 3.24. The largest absolute Gasteiger partial charge is 0.497 e. The fraction of sp³-hybridized carbons (Fsp3) is 0.400. The van der Waals surface area contributed by atoms with Crippen LogP contribution in [0.1, 0.15) is 42.9 Å². The number of Topliss-reactive ketones (excluding diaryl/α,β-unsaturated/α-hetero) is 1. The molecule has 0 radical (unpaired) electrons. The van der Waals surface area contributed by atoms with Gasteiger partial charge in [-0.2, -0.15) is 0 Å². The molecule has 1 atom stereocenters. The smallest absolute Gasteiger partial charge is 0.414 e. The van der Waals surface area contributed by atoms with Gasteiger partial charge in [-0.25, -0.2) is 9.59 Å². The molecule has 1 unspecified atom stereocenters. The van der Waals surface area contributed by atoms with Crippen LogP contribution in [0.2, 0.25) is 0 Å². The summed E-state index contributed by atoms with van der Waals surface area (Å²) in [6, 6.07) is 16.7. The monoisotopic (exact) mass is 441 g/mol. The molecule has 0 saturated heterocycles. The molecule has 1 aliphatic rings. The van der Waals surface area contributed by atoms with Crippen LogP contribution in [0, 0.1) is 0 Å². The van der Waals surface area contributed by atoms with Crippen molar-refractivity contribution < 1.29 is 29.3 Å². The van der Waals surface area contributed by atoms with E-state index in [1.54, 1.807) is 7.11 Å². The van der Waals surface area contributed by atoms with E-state index in [0.29, 0.717) is 12.2 Å². The van der Waals surface area contributed by atoms with Crippen LogP contribution >= 0.6 is 0 Å². The summed E-state index contributed by atoms with van der Waals surface area (Å²) < 4.78 is 5.42. The molecular formula is C25H31NO6. The quantitative estimate of drug-likeness (QED) is 0.426. The third kappa shape index (κ3) is 6.40. The molecule has 0 amide bonds. The van der Waals surface area contributed by atoms with Crippen molar-refractivity contribution in [1.82, 2.24) is 5.32 Å². The van der Waals surface area contributed by atoms with Gasteiger partial charge in [0.1, 0.15) is 11.5 Å². The number of methoxy groups -OCH3 is 1. The molecule has 0 saturated carbocycles. The SMILES string of the molecule is CCC1(CCNCCc2ccccc2)C(=O)CCc2ccc(OC)cc21.O=C(O)C(=O)O. The number of hydrogen-bond donors (Lipinski definition) is 3. The minimum absolute atomic E-state index is 0.373. The number of ketones is 1. The van der Waals surface area contributed by atoms with Crippen molar-refractivity contribution in [2.24, 2.45) is 0 Å². The Kier molecular flexibility index (Phi) is 9.40. The summed E-state index contributed by atoms with van der Waals surface area (Å²) in [5, 5.41) is 18.3. The molecule has 2 aromatic carbocycles. The van der Waals surface area contributed by atoms with E-state index in [2.05, 4.69) is 48.6 Å². The number of fused-ring (bicyclic) bond motifs is 1. The van der Waals surface area contributed by atoms with Crippen molar-refractivity contribution in [2.75, 3.05) is 20.2 Å². The average molecular weight is 442 g/mol. The summed E-state index contributed by atoms with van der Waals surface area (Å²) in [6.45, 7) is 3.92. The van der Waals surface area contributed by atoms with Gasteiger partial charge in [-0.1, -0.05) is 43.3 Å². The lowest BCUT2D eigenvalue weighted by molar-refractivity contribution is -0.159. The number of rotatable bonds is 8. The molecule has 3 rings (SSSR count). The van der Waals surface area contributed by atoms with Gasteiger partial charge in [0.05, 0.1) is 12.5 Å². The molecule has 0 heterocycles. The van der Waals surface area contributed by atoms with Crippen molar-refractivity contribution >= 4 is 17.7 Å². The predicted molar refractivity (Wildman–Crippen MR) is 121 cm³/mol. The van der Waals surface area contributed by atoms with E-state index in [1.807, 2.05) is 12.1 Å². The highest BCUT2D eigenvalue weighted by atomic mass is 16.5. The van der Waals surface area contributed by atoms with Crippen LogP contribution in [0.5, 0.6) is 5.75 Å². The van der Waals surface area contributed by atoms with E-state index >= 15 is 0 Å². The van der Waals surface area contributed by atoms with Gasteiger partial charge in [0.25, 0.3) is 0 Å². The summed E-state index contributed by atoms with van der Waals surface area (Å²) >= 11 is 0. The van der Waals surface area contributed by atoms with Crippen molar-refractivity contribution in [3.8, 4) is 5.75 Å². The molecule has 0 fully saturated rings. The number of hydrogen-bond acceptors (Lipinski definition) is 5. The third-order valence-corrected chi connectivity index (χ3v) is 5.94. The number of nitrogens with one attached hydrogen (secondary N) is 1. The number of aryl methyl sites for hydroxylation is 1. The molecule has 7 heteroatoms. The van der Waals surface area contributed by atoms with Crippen molar-refractivity contribution in [1.29, 1.82) is 0 Å². The van der Waals surface area contributed by atoms with E-state index < -0.39 is 11.9 Å². The molecule has 32 heavy (non-hydrogen) atoms. The Morgan fingerprint density at radius 3 is 2.31 bits per heavy atom. The standard InChI is InChI=1S/C23H29NO2.C2H2O4/c1-3-23(14-16-24-15-13-18-7-5-4-6-8-18)21-17-20(26-2)11-9-19(21)10-12-22(23)25;3-1(4)2(5)6/h4-9,11,17,24H,3,10,12-16H2,1-2H3;(H,3,4)(H,5,6). The maximum atomic E-state index is 12.9. The Hall–Kier alpha value is -3.19. The Labute approximate surface area is 188 Å². The molecule has 1 aliphatic carbocycles. The Balaban J connectivity index is 0.000000534. The van der Waals surface area contributed by atoms with Gasteiger partial charge in [-0.15, -0.1) is 0 Å². The molecule has 2 aromatic rings. The van der Waals surface area contributed by atoms with Crippen LogP contribution in [0.3, 0.4) is 0 Å². The summed E-state index contributed by atoms with van der Waals surface area (Å²) in [4.78, 5) is 31.1. The minimum atomic E-state index is -1.82. The van der Waals surface area contributed by atoms with E-state index in [0.717, 1.165) is 44.5 Å². The molecule has 3 N–H and O–H groups in total. The minimum Gasteiger partial charge on any atom is -0.497 e. The van der Waals surface area contributed by atoms with E-state index in [-0.39, 0.29) is 5.41 Å². The molecule has 0 spiro atoms. The Bertz CT molecular complexity index is 915. The van der Waals surface area contributed by atoms with Crippen LogP contribution in [-0.4, -0.2) is 48.1 Å². The van der Waals surface area contributed by atoms with Crippen LogP contribution in [0.25, 0.3) is 0 Å². The van der Waals surface area contributed by atoms with Crippen LogP contribution in [0.4, 0.5) is 0 Å². The van der Waals surface area contributed by atoms with Gasteiger partial charge in [0.2, 0.25) is 0 Å². The Morgan fingerprint density at radius 1 is 1.03 bits per heavy atom. The number of aliphatic carboxylic acids is 2. The zero-order chi connectivity index (χ0) is 23.6. The first kappa shape index (κ1) is 25.1. The first-order valence-corrected chi connectivity index (χ1v) is 10.8. The number of carboxylic acid groups (broad SMARTS) is 2. The number of ether oxygens (including phenoxy) is 1. The van der Waals surface area contributed by atoms with Crippen molar-refractivity contribution in [2.45, 2.75) is 44.4 Å². The highest BCUT2D eigenvalue weighted by molar-refractivity contribution is 6.27. The van der Waals surface area contributed by atoms with E-state index in [9.17, 15) is 4.79 Å². The first-order chi connectivity index (χ1) is 15.3. The lowest BCUT2D eigenvalue weighted by atomic mass is 9.65. The number of carboxylic acids is 2. The fourth-order valence-electron chi connectivity index (χ4n) is 4.13. The van der Waals surface area contributed by atoms with Crippen molar-refractivity contribution in [3.63, 3.8) is 0 Å². The number of carbonyl (C=O) groups excluding carboxylic acids is 1. The topological polar surface area (TPSA) is 113 Å². The summed E-state index contributed by atoms with van der Waals surface area (Å²) in [6.07, 6.45) is 4.19. The highest BCUT2D eigenvalue weighted by Gasteiger charge is 2.41. The lowest BCUT2D eigenvalue weighted by Crippen LogP contribution is -2.42. The van der Waals surface area contributed by atoms with Gasteiger partial charge in [-0.05, 0) is 67.6 Å². The average Bonchev–Trinajstić information content (AvgIpc) is 2.81. The first-order valence-electron chi connectivity index (χ1n) is 10.8. The molecule has 172 valence electrons. The number of carbonyl (C=O) groups is 3. The second-order valence-electron chi connectivity index (χ2n) is 7.73. The molecule has 0 aromatic heterocycles. The molecule has 0 bridgehead atoms. The van der Waals surface area contributed by atoms with Crippen LogP contribution in [0.15, 0.2) is 48.5 Å². The van der Waals surface area contributed by atoms with Crippen LogP contribution < -0.4 is 10.1 Å². The second kappa shape index (κ2) is 12.0. The fourth-order valence-corrected chi connectivity index (χ4v) is 4.13. The van der Waals surface area contributed by atoms with Crippen molar-refractivity contribution in [3.05, 3.63) is 65.2 Å². The Morgan fingerprint density at radius 2 is 1.72 bits per heavy atom. The zero-order valence-electron chi connectivity index (χ0n) is 18.6. The number of benzene rings is 2. The van der Waals surface area contributed by atoms with E-state index in [4.69, 9.17) is 24.5 Å². The molecule has 7 nitrogen and oxygen atoms in total. The summed E-state index contributed by atoms with van der Waals surface area (Å²) in [5.74, 6) is -2.43. The maximum Gasteiger partial charge on any atom is 0.414 e. The third-order valence-electron chi connectivity index (χ3n) is 5.94. The van der Waals surface area contributed by atoms with E-state index in [1.165, 1.54) is 16.7 Å². The summed E-state index contributed by atoms with van der Waals surface area (Å²) in [5.41, 5.74) is 3.45. The maximum absolute atomic E-state index is 12.9.